The van der Waals surface area contributed by atoms with E-state index >= 15 is 0 Å². The molecule has 0 aliphatic rings. The zero-order valence-electron chi connectivity index (χ0n) is 8.53. The van der Waals surface area contributed by atoms with Gasteiger partial charge in [0.25, 0.3) is 0 Å². The molecular weight excluding hydrogens is 180 g/mol. The maximum absolute atomic E-state index is 5.51. The molecule has 0 radical (unpaired) electrons. The van der Waals surface area contributed by atoms with E-state index in [0.717, 1.165) is 0 Å². The SMILES string of the molecule is CCOCC(C)Nc1nccc(N)n1. The first-order chi connectivity index (χ1) is 6.72. The average molecular weight is 196 g/mol. The third-order valence-corrected chi connectivity index (χ3v) is 1.62. The van der Waals surface area contributed by atoms with Crippen molar-refractivity contribution in [1.82, 2.24) is 9.97 Å². The quantitative estimate of drug-likeness (QED) is 0.731. The molecule has 1 aromatic heterocycles. The minimum absolute atomic E-state index is 0.178. The van der Waals surface area contributed by atoms with Crippen molar-refractivity contribution in [3.05, 3.63) is 12.3 Å². The van der Waals surface area contributed by atoms with Gasteiger partial charge in [-0.3, -0.25) is 0 Å². The number of hydrogen-bond donors (Lipinski definition) is 2. The van der Waals surface area contributed by atoms with E-state index in [0.29, 0.717) is 25.0 Å². The second-order valence-electron chi connectivity index (χ2n) is 3.01. The Bertz CT molecular complexity index is 279. The summed E-state index contributed by atoms with van der Waals surface area (Å²) in [4.78, 5) is 8.05. The van der Waals surface area contributed by atoms with Gasteiger partial charge in [-0.25, -0.2) is 4.98 Å². The van der Waals surface area contributed by atoms with Crippen LogP contribution in [0.15, 0.2) is 12.3 Å². The molecular formula is C9H16N4O. The van der Waals surface area contributed by atoms with Crippen LogP contribution in [-0.2, 0) is 4.74 Å². The second kappa shape index (κ2) is 5.39. The van der Waals surface area contributed by atoms with E-state index in [1.807, 2.05) is 13.8 Å². The summed E-state index contributed by atoms with van der Waals surface area (Å²) in [5, 5.41) is 3.09. The van der Waals surface area contributed by atoms with Crippen LogP contribution in [0.2, 0.25) is 0 Å². The number of nitrogens with zero attached hydrogens (tertiary/aromatic N) is 2. The van der Waals surface area contributed by atoms with Crippen molar-refractivity contribution in [2.24, 2.45) is 0 Å². The molecule has 5 nitrogen and oxygen atoms in total. The topological polar surface area (TPSA) is 73.1 Å². The van der Waals surface area contributed by atoms with Crippen molar-refractivity contribution >= 4 is 11.8 Å². The zero-order valence-corrected chi connectivity index (χ0v) is 8.53. The van der Waals surface area contributed by atoms with Crippen molar-refractivity contribution < 1.29 is 4.74 Å². The highest BCUT2D eigenvalue weighted by molar-refractivity contribution is 5.35. The molecule has 14 heavy (non-hydrogen) atoms. The molecule has 1 atom stereocenters. The summed E-state index contributed by atoms with van der Waals surface area (Å²) >= 11 is 0. The van der Waals surface area contributed by atoms with Gasteiger partial charge in [-0.15, -0.1) is 0 Å². The molecule has 0 saturated carbocycles. The Morgan fingerprint density at radius 3 is 3.07 bits per heavy atom. The maximum atomic E-state index is 5.51. The van der Waals surface area contributed by atoms with Crippen LogP contribution in [-0.4, -0.2) is 29.2 Å². The fraction of sp³-hybridized carbons (Fsp3) is 0.556. The lowest BCUT2D eigenvalue weighted by Crippen LogP contribution is -2.23. The van der Waals surface area contributed by atoms with Gasteiger partial charge in [0, 0.05) is 18.8 Å². The lowest BCUT2D eigenvalue weighted by molar-refractivity contribution is 0.141. The average Bonchev–Trinajstić information content (AvgIpc) is 2.15. The van der Waals surface area contributed by atoms with Crippen molar-refractivity contribution in [1.29, 1.82) is 0 Å². The van der Waals surface area contributed by atoms with Crippen molar-refractivity contribution in [3.8, 4) is 0 Å². The summed E-state index contributed by atoms with van der Waals surface area (Å²) in [6, 6.07) is 1.83. The highest BCUT2D eigenvalue weighted by Gasteiger charge is 2.03. The van der Waals surface area contributed by atoms with E-state index < -0.39 is 0 Å². The van der Waals surface area contributed by atoms with Gasteiger partial charge in [0.15, 0.2) is 0 Å². The number of nitrogen functional groups attached to an aromatic ring is 1. The zero-order chi connectivity index (χ0) is 10.4. The molecule has 1 rings (SSSR count). The Morgan fingerprint density at radius 2 is 2.43 bits per heavy atom. The van der Waals surface area contributed by atoms with Gasteiger partial charge in [-0.05, 0) is 19.9 Å². The van der Waals surface area contributed by atoms with Crippen molar-refractivity contribution in [2.45, 2.75) is 19.9 Å². The lowest BCUT2D eigenvalue weighted by Gasteiger charge is -2.13. The summed E-state index contributed by atoms with van der Waals surface area (Å²) in [5.74, 6) is 1.00. The number of nitrogens with two attached hydrogens (primary N) is 1. The number of aromatic nitrogens is 2. The van der Waals surface area contributed by atoms with E-state index in [1.54, 1.807) is 12.3 Å². The molecule has 78 valence electrons. The molecule has 1 unspecified atom stereocenters. The van der Waals surface area contributed by atoms with Crippen LogP contribution in [0.1, 0.15) is 13.8 Å². The Hall–Kier alpha value is -1.36. The van der Waals surface area contributed by atoms with Crippen molar-refractivity contribution in [3.63, 3.8) is 0 Å². The van der Waals surface area contributed by atoms with Crippen LogP contribution in [0.25, 0.3) is 0 Å². The van der Waals surface area contributed by atoms with Gasteiger partial charge < -0.3 is 15.8 Å². The second-order valence-corrected chi connectivity index (χ2v) is 3.01. The van der Waals surface area contributed by atoms with Crippen LogP contribution >= 0.6 is 0 Å². The van der Waals surface area contributed by atoms with E-state index in [4.69, 9.17) is 10.5 Å². The summed E-state index contributed by atoms with van der Waals surface area (Å²) in [6.07, 6.45) is 1.62. The number of nitrogens with one attached hydrogen (secondary N) is 1. The molecule has 5 heteroatoms. The van der Waals surface area contributed by atoms with Gasteiger partial charge in [0.05, 0.1) is 6.61 Å². The minimum Gasteiger partial charge on any atom is -0.384 e. The number of anilines is 2. The maximum Gasteiger partial charge on any atom is 0.224 e. The smallest absolute Gasteiger partial charge is 0.224 e. The van der Waals surface area contributed by atoms with E-state index in [1.165, 1.54) is 0 Å². The number of ether oxygens (including phenoxy) is 1. The number of rotatable bonds is 5. The van der Waals surface area contributed by atoms with E-state index in [2.05, 4.69) is 15.3 Å². The molecule has 3 N–H and O–H groups in total. The standard InChI is InChI=1S/C9H16N4O/c1-3-14-6-7(2)12-9-11-5-4-8(10)13-9/h4-5,7H,3,6H2,1-2H3,(H3,10,11,12,13). The Balaban J connectivity index is 2.43. The van der Waals surface area contributed by atoms with Crippen LogP contribution < -0.4 is 11.1 Å². The van der Waals surface area contributed by atoms with Gasteiger partial charge in [0.2, 0.25) is 5.95 Å². The third-order valence-electron chi connectivity index (χ3n) is 1.62. The Kier molecular flexibility index (Phi) is 4.12. The molecule has 0 aliphatic carbocycles. The fourth-order valence-corrected chi connectivity index (χ4v) is 0.999. The molecule has 1 aromatic rings. The molecule has 0 aliphatic heterocycles. The van der Waals surface area contributed by atoms with E-state index in [-0.39, 0.29) is 6.04 Å². The highest BCUT2D eigenvalue weighted by atomic mass is 16.5. The molecule has 0 spiro atoms. The first-order valence-electron chi connectivity index (χ1n) is 4.65. The van der Waals surface area contributed by atoms with E-state index in [9.17, 15) is 0 Å². The van der Waals surface area contributed by atoms with Crippen LogP contribution in [0, 0.1) is 0 Å². The monoisotopic (exact) mass is 196 g/mol. The Labute approximate surface area is 83.7 Å². The molecule has 0 saturated heterocycles. The largest absolute Gasteiger partial charge is 0.384 e. The predicted molar refractivity (Wildman–Crippen MR) is 56.0 cm³/mol. The normalized spacial score (nSPS) is 12.4. The summed E-state index contributed by atoms with van der Waals surface area (Å²) in [6.45, 7) is 5.31. The van der Waals surface area contributed by atoms with Gasteiger partial charge in [-0.2, -0.15) is 4.98 Å². The summed E-state index contributed by atoms with van der Waals surface area (Å²) < 4.78 is 5.25. The molecule has 0 fully saturated rings. The molecule has 0 bridgehead atoms. The minimum atomic E-state index is 0.178. The van der Waals surface area contributed by atoms with Crippen LogP contribution in [0.5, 0.6) is 0 Å². The summed E-state index contributed by atoms with van der Waals surface area (Å²) in [7, 11) is 0. The molecule has 0 amide bonds. The van der Waals surface area contributed by atoms with Gasteiger partial charge in [-0.1, -0.05) is 0 Å². The predicted octanol–water partition coefficient (Wildman–Crippen LogP) is 0.896. The third kappa shape index (κ3) is 3.57. The van der Waals surface area contributed by atoms with Gasteiger partial charge >= 0.3 is 0 Å². The first kappa shape index (κ1) is 10.7. The lowest BCUT2D eigenvalue weighted by atomic mass is 10.4. The molecule has 1 heterocycles. The molecule has 0 aromatic carbocycles. The Morgan fingerprint density at radius 1 is 1.64 bits per heavy atom. The van der Waals surface area contributed by atoms with Crippen LogP contribution in [0.3, 0.4) is 0 Å². The summed E-state index contributed by atoms with van der Waals surface area (Å²) in [5.41, 5.74) is 5.51. The fourth-order valence-electron chi connectivity index (χ4n) is 0.999. The van der Waals surface area contributed by atoms with Crippen LogP contribution in [0.4, 0.5) is 11.8 Å². The number of hydrogen-bond acceptors (Lipinski definition) is 5. The highest BCUT2D eigenvalue weighted by Crippen LogP contribution is 2.03. The van der Waals surface area contributed by atoms with Crippen molar-refractivity contribution in [2.75, 3.05) is 24.3 Å². The van der Waals surface area contributed by atoms with Gasteiger partial charge in [0.1, 0.15) is 5.82 Å². The first-order valence-corrected chi connectivity index (χ1v) is 4.65.